The number of piperazine rings is 1. The summed E-state index contributed by atoms with van der Waals surface area (Å²) in [5.41, 5.74) is 1.45. The van der Waals surface area contributed by atoms with E-state index in [1.807, 2.05) is 30.3 Å². The average Bonchev–Trinajstić information content (AvgIpc) is 3.25. The van der Waals surface area contributed by atoms with Crippen molar-refractivity contribution < 1.29 is 13.6 Å². The van der Waals surface area contributed by atoms with E-state index in [0.29, 0.717) is 12.1 Å². The Bertz CT molecular complexity index is 973. The second-order valence-corrected chi connectivity index (χ2v) is 8.63. The summed E-state index contributed by atoms with van der Waals surface area (Å²) in [6.07, 6.45) is 1.96. The molecule has 2 aliphatic rings. The van der Waals surface area contributed by atoms with E-state index in [0.717, 1.165) is 62.8 Å². The van der Waals surface area contributed by atoms with Crippen LogP contribution in [-0.4, -0.2) is 65.7 Å². The Morgan fingerprint density at radius 1 is 1.09 bits per heavy atom. The van der Waals surface area contributed by atoms with Crippen molar-refractivity contribution in [2.45, 2.75) is 38.3 Å². The van der Waals surface area contributed by atoms with Crippen LogP contribution in [0, 0.1) is 11.6 Å². The number of nitrogens with zero attached hydrogens (tertiary/aromatic N) is 4. The van der Waals surface area contributed by atoms with Crippen molar-refractivity contribution in [2.75, 3.05) is 33.2 Å². The molecule has 2 aromatic rings. The molecule has 2 unspecified atom stereocenters. The number of benzene rings is 2. The number of hydrogen-bond donors (Lipinski definition) is 0. The van der Waals surface area contributed by atoms with E-state index in [2.05, 4.69) is 28.9 Å². The van der Waals surface area contributed by atoms with Crippen molar-refractivity contribution in [3.63, 3.8) is 0 Å². The SMILES string of the molecule is CCCC(C(=O)N1N=C(c2cc(F)ccc2F)CC1c1ccccc1)N1CCN(C)CC1. The van der Waals surface area contributed by atoms with Crippen molar-refractivity contribution >= 4 is 11.6 Å². The maximum Gasteiger partial charge on any atom is 0.260 e. The molecular formula is C25H30F2N4O. The first-order valence-electron chi connectivity index (χ1n) is 11.3. The topological polar surface area (TPSA) is 39.2 Å². The lowest BCUT2D eigenvalue weighted by Gasteiger charge is -2.38. The molecule has 0 N–H and O–H groups in total. The van der Waals surface area contributed by atoms with E-state index in [-0.39, 0.29) is 23.6 Å². The molecule has 2 aliphatic heterocycles. The van der Waals surface area contributed by atoms with E-state index in [4.69, 9.17) is 0 Å². The average molecular weight is 441 g/mol. The molecule has 2 aromatic carbocycles. The minimum atomic E-state index is -0.532. The van der Waals surface area contributed by atoms with E-state index < -0.39 is 11.6 Å². The number of hydrogen-bond acceptors (Lipinski definition) is 4. The first-order valence-corrected chi connectivity index (χ1v) is 11.3. The second-order valence-electron chi connectivity index (χ2n) is 8.63. The fourth-order valence-corrected chi connectivity index (χ4v) is 4.55. The van der Waals surface area contributed by atoms with Gasteiger partial charge in [-0.25, -0.2) is 13.8 Å². The minimum absolute atomic E-state index is 0.0722. The van der Waals surface area contributed by atoms with Gasteiger partial charge in [-0.05, 0) is 37.2 Å². The molecule has 4 rings (SSSR count). The van der Waals surface area contributed by atoms with Gasteiger partial charge in [-0.1, -0.05) is 43.7 Å². The molecule has 170 valence electrons. The Morgan fingerprint density at radius 2 is 1.81 bits per heavy atom. The summed E-state index contributed by atoms with van der Waals surface area (Å²) in [6.45, 7) is 5.56. The van der Waals surface area contributed by atoms with Crippen LogP contribution in [0.25, 0.3) is 0 Å². The highest BCUT2D eigenvalue weighted by molar-refractivity contribution is 6.03. The molecule has 1 fully saturated rings. The number of halogens is 2. The highest BCUT2D eigenvalue weighted by atomic mass is 19.1. The van der Waals surface area contributed by atoms with Crippen molar-refractivity contribution in [1.82, 2.24) is 14.8 Å². The van der Waals surface area contributed by atoms with E-state index in [9.17, 15) is 13.6 Å². The zero-order chi connectivity index (χ0) is 22.7. The largest absolute Gasteiger partial charge is 0.304 e. The lowest BCUT2D eigenvalue weighted by molar-refractivity contribution is -0.140. The van der Waals surface area contributed by atoms with Crippen molar-refractivity contribution in [3.05, 3.63) is 71.3 Å². The number of amides is 1. The summed E-state index contributed by atoms with van der Waals surface area (Å²) >= 11 is 0. The fraction of sp³-hybridized carbons (Fsp3) is 0.440. The van der Waals surface area contributed by atoms with Crippen molar-refractivity contribution in [2.24, 2.45) is 5.10 Å². The van der Waals surface area contributed by atoms with Gasteiger partial charge in [-0.3, -0.25) is 9.69 Å². The molecule has 0 aliphatic carbocycles. The highest BCUT2D eigenvalue weighted by Crippen LogP contribution is 2.34. The Labute approximate surface area is 188 Å². The summed E-state index contributed by atoms with van der Waals surface area (Å²) in [5.74, 6) is -1.13. The molecule has 7 heteroatoms. The molecule has 0 bridgehead atoms. The van der Waals surface area contributed by atoms with Crippen LogP contribution in [0.5, 0.6) is 0 Å². The molecule has 1 amide bonds. The maximum absolute atomic E-state index is 14.5. The molecule has 5 nitrogen and oxygen atoms in total. The molecule has 2 atom stereocenters. The Balaban J connectivity index is 1.68. The highest BCUT2D eigenvalue weighted by Gasteiger charge is 2.39. The molecule has 0 saturated carbocycles. The molecule has 2 heterocycles. The van der Waals surface area contributed by atoms with Crippen molar-refractivity contribution in [1.29, 1.82) is 0 Å². The Kier molecular flexibility index (Phi) is 6.96. The summed E-state index contributed by atoms with van der Waals surface area (Å²) < 4.78 is 28.4. The summed E-state index contributed by atoms with van der Waals surface area (Å²) in [6, 6.07) is 12.4. The first-order chi connectivity index (χ1) is 15.5. The van der Waals surface area contributed by atoms with Crippen molar-refractivity contribution in [3.8, 4) is 0 Å². The predicted octanol–water partition coefficient (Wildman–Crippen LogP) is 4.06. The molecular weight excluding hydrogens is 410 g/mol. The van der Waals surface area contributed by atoms with E-state index in [1.54, 1.807) is 0 Å². The third-order valence-corrected chi connectivity index (χ3v) is 6.39. The van der Waals surface area contributed by atoms with Gasteiger partial charge in [0.2, 0.25) is 0 Å². The van der Waals surface area contributed by atoms with Gasteiger partial charge < -0.3 is 4.90 Å². The van der Waals surface area contributed by atoms with Gasteiger partial charge in [0, 0.05) is 38.2 Å². The van der Waals surface area contributed by atoms with E-state index >= 15 is 0 Å². The lowest BCUT2D eigenvalue weighted by atomic mass is 9.97. The number of carbonyl (C=O) groups excluding carboxylic acids is 1. The summed E-state index contributed by atoms with van der Waals surface area (Å²) in [4.78, 5) is 18.3. The minimum Gasteiger partial charge on any atom is -0.304 e. The number of likely N-dealkylation sites (N-methyl/N-ethyl adjacent to an activating group) is 1. The number of hydrazone groups is 1. The van der Waals surface area contributed by atoms with Gasteiger partial charge in [0.1, 0.15) is 11.6 Å². The normalized spacial score (nSPS) is 20.9. The van der Waals surface area contributed by atoms with Gasteiger partial charge in [0.05, 0.1) is 17.8 Å². The maximum atomic E-state index is 14.5. The van der Waals surface area contributed by atoms with Gasteiger partial charge in [0.25, 0.3) is 5.91 Å². The van der Waals surface area contributed by atoms with Crippen LogP contribution in [0.4, 0.5) is 8.78 Å². The first kappa shape index (κ1) is 22.6. The van der Waals surface area contributed by atoms with Crippen LogP contribution in [0.2, 0.25) is 0 Å². The zero-order valence-electron chi connectivity index (χ0n) is 18.7. The van der Waals surface area contributed by atoms with Crippen LogP contribution >= 0.6 is 0 Å². The zero-order valence-corrected chi connectivity index (χ0v) is 18.7. The Morgan fingerprint density at radius 3 is 2.50 bits per heavy atom. The van der Waals surface area contributed by atoms with Gasteiger partial charge in [0.15, 0.2) is 0 Å². The van der Waals surface area contributed by atoms with Crippen LogP contribution in [0.3, 0.4) is 0 Å². The molecule has 1 saturated heterocycles. The quantitative estimate of drug-likeness (QED) is 0.680. The van der Waals surface area contributed by atoms with Crippen LogP contribution in [0.15, 0.2) is 53.6 Å². The number of carbonyl (C=O) groups is 1. The lowest BCUT2D eigenvalue weighted by Crippen LogP contribution is -2.54. The number of rotatable bonds is 6. The van der Waals surface area contributed by atoms with Gasteiger partial charge >= 0.3 is 0 Å². The third-order valence-electron chi connectivity index (χ3n) is 6.39. The molecule has 0 aromatic heterocycles. The van der Waals surface area contributed by atoms with Crippen LogP contribution in [0.1, 0.15) is 43.4 Å². The van der Waals surface area contributed by atoms with E-state index in [1.165, 1.54) is 5.01 Å². The monoisotopic (exact) mass is 440 g/mol. The fourth-order valence-electron chi connectivity index (χ4n) is 4.55. The second kappa shape index (κ2) is 9.88. The predicted molar refractivity (Wildman–Crippen MR) is 121 cm³/mol. The summed E-state index contributed by atoms with van der Waals surface area (Å²) in [7, 11) is 2.09. The third kappa shape index (κ3) is 4.74. The van der Waals surface area contributed by atoms with Gasteiger partial charge in [-0.15, -0.1) is 0 Å². The van der Waals surface area contributed by atoms with Gasteiger partial charge in [-0.2, -0.15) is 5.10 Å². The van der Waals surface area contributed by atoms with Crippen LogP contribution in [-0.2, 0) is 4.79 Å². The summed E-state index contributed by atoms with van der Waals surface area (Å²) in [5, 5.41) is 6.11. The standard InChI is InChI=1S/C25H30F2N4O/c1-3-7-23(30-14-12-29(2)13-15-30)25(32)31-24(18-8-5-4-6-9-18)17-22(28-31)20-16-19(26)10-11-21(20)27/h4-6,8-11,16,23-24H,3,7,12-15,17H2,1-2H3. The molecule has 0 spiro atoms. The smallest absolute Gasteiger partial charge is 0.260 e. The van der Waals surface area contributed by atoms with Crippen LogP contribution < -0.4 is 0 Å². The molecule has 32 heavy (non-hydrogen) atoms. The molecule has 0 radical (unpaired) electrons. The Hall–Kier alpha value is -2.64.